The van der Waals surface area contributed by atoms with Crippen LogP contribution in [0.3, 0.4) is 0 Å². The Morgan fingerprint density at radius 1 is 1.36 bits per heavy atom. The number of carbonyl (C=O) groups excluding carboxylic acids is 1. The summed E-state index contributed by atoms with van der Waals surface area (Å²) in [6, 6.07) is 3.68. The Morgan fingerprint density at radius 3 is 2.43 bits per heavy atom. The molecule has 1 nitrogen and oxygen atoms in total. The highest BCUT2D eigenvalue weighted by Crippen LogP contribution is 2.22. The van der Waals surface area contributed by atoms with Crippen LogP contribution >= 0.6 is 27.5 Å². The number of Topliss-reactive ketones (excluding diaryl/α,β-unsaturated/α-hetero) is 1. The van der Waals surface area contributed by atoms with Crippen LogP contribution in [0.25, 0.3) is 0 Å². The Labute approximate surface area is 97.6 Å². The molecule has 0 spiro atoms. The summed E-state index contributed by atoms with van der Waals surface area (Å²) < 4.78 is 0. The fraction of sp³-hybridized carbons (Fsp3) is 0.364. The molecule has 1 aromatic rings. The lowest BCUT2D eigenvalue weighted by atomic mass is 10.0. The number of halogens is 2. The molecule has 0 aliphatic carbocycles. The van der Waals surface area contributed by atoms with Crippen LogP contribution in [-0.4, -0.2) is 10.6 Å². The van der Waals surface area contributed by atoms with E-state index in [9.17, 15) is 4.79 Å². The third kappa shape index (κ3) is 2.37. The summed E-state index contributed by atoms with van der Waals surface area (Å²) in [6.45, 7) is 5.62. The molecule has 0 saturated carbocycles. The maximum atomic E-state index is 11.7. The van der Waals surface area contributed by atoms with Crippen molar-refractivity contribution < 1.29 is 4.79 Å². The smallest absolute Gasteiger partial charge is 0.176 e. The van der Waals surface area contributed by atoms with E-state index in [1.165, 1.54) is 0 Å². The lowest BCUT2D eigenvalue weighted by molar-refractivity contribution is 0.0995. The van der Waals surface area contributed by atoms with E-state index in [4.69, 9.17) is 11.6 Å². The topological polar surface area (TPSA) is 17.1 Å². The quantitative estimate of drug-likeness (QED) is 0.590. The molecule has 0 aliphatic rings. The Bertz CT molecular complexity index is 372. The molecule has 3 heteroatoms. The summed E-state index contributed by atoms with van der Waals surface area (Å²) in [4.78, 5) is 11.6. The summed E-state index contributed by atoms with van der Waals surface area (Å²) in [5, 5.41) is 0.710. The Morgan fingerprint density at radius 2 is 1.93 bits per heavy atom. The highest BCUT2D eigenvalue weighted by atomic mass is 79.9. The molecular formula is C11H12BrClO. The predicted octanol–water partition coefficient (Wildman–Crippen LogP) is 3.92. The zero-order valence-corrected chi connectivity index (χ0v) is 10.7. The van der Waals surface area contributed by atoms with E-state index in [0.29, 0.717) is 5.02 Å². The lowest BCUT2D eigenvalue weighted by Gasteiger charge is -2.09. The van der Waals surface area contributed by atoms with Gasteiger partial charge in [0.1, 0.15) is 0 Å². The second kappa shape index (κ2) is 4.45. The highest BCUT2D eigenvalue weighted by Gasteiger charge is 2.15. The van der Waals surface area contributed by atoms with Crippen LogP contribution in [0.2, 0.25) is 5.02 Å². The minimum atomic E-state index is -0.151. The van der Waals surface area contributed by atoms with E-state index in [1.54, 1.807) is 0 Å². The van der Waals surface area contributed by atoms with Crippen molar-refractivity contribution in [2.75, 3.05) is 0 Å². The van der Waals surface area contributed by atoms with Crippen molar-refractivity contribution in [2.45, 2.75) is 25.6 Å². The normalized spacial score (nSPS) is 12.6. The standard InChI is InChI=1S/C11H12BrClO/c1-6-5-10(13)7(2)4-9(6)11(14)8(3)12/h4-5,8H,1-3H3. The number of hydrogen-bond donors (Lipinski definition) is 0. The zero-order valence-electron chi connectivity index (χ0n) is 8.40. The first kappa shape index (κ1) is 11.7. The molecule has 0 saturated heterocycles. The molecule has 0 N–H and O–H groups in total. The first-order valence-electron chi connectivity index (χ1n) is 4.38. The van der Waals surface area contributed by atoms with Crippen LogP contribution in [-0.2, 0) is 0 Å². The summed E-state index contributed by atoms with van der Waals surface area (Å²) in [7, 11) is 0. The molecule has 0 heterocycles. The molecule has 0 radical (unpaired) electrons. The SMILES string of the molecule is Cc1cc(C(=O)C(C)Br)c(C)cc1Cl. The van der Waals surface area contributed by atoms with Gasteiger partial charge in [-0.3, -0.25) is 4.79 Å². The zero-order chi connectivity index (χ0) is 10.9. The van der Waals surface area contributed by atoms with Gasteiger partial charge in [-0.15, -0.1) is 0 Å². The molecule has 1 unspecified atom stereocenters. The van der Waals surface area contributed by atoms with E-state index < -0.39 is 0 Å². The van der Waals surface area contributed by atoms with Crippen molar-refractivity contribution in [1.29, 1.82) is 0 Å². The second-order valence-corrected chi connectivity index (χ2v) is 5.18. The van der Waals surface area contributed by atoms with Crippen LogP contribution in [0.4, 0.5) is 0 Å². The molecule has 0 aliphatic heterocycles. The average Bonchev–Trinajstić information content (AvgIpc) is 2.10. The van der Waals surface area contributed by atoms with Crippen LogP contribution in [0.15, 0.2) is 12.1 Å². The lowest BCUT2D eigenvalue weighted by Crippen LogP contribution is -2.11. The number of rotatable bonds is 2. The second-order valence-electron chi connectivity index (χ2n) is 3.40. The molecule has 14 heavy (non-hydrogen) atoms. The molecule has 1 atom stereocenters. The fourth-order valence-electron chi connectivity index (χ4n) is 1.26. The molecule has 1 aromatic carbocycles. The number of benzene rings is 1. The summed E-state index contributed by atoms with van der Waals surface area (Å²) in [6.07, 6.45) is 0. The van der Waals surface area contributed by atoms with Crippen molar-refractivity contribution >= 4 is 33.3 Å². The van der Waals surface area contributed by atoms with Crippen molar-refractivity contribution in [3.05, 3.63) is 33.8 Å². The highest BCUT2D eigenvalue weighted by molar-refractivity contribution is 9.10. The summed E-state index contributed by atoms with van der Waals surface area (Å²) in [5.74, 6) is 0.0993. The molecule has 0 amide bonds. The van der Waals surface area contributed by atoms with Gasteiger partial charge in [0.05, 0.1) is 4.83 Å². The van der Waals surface area contributed by atoms with Crippen molar-refractivity contribution in [3.63, 3.8) is 0 Å². The maximum absolute atomic E-state index is 11.7. The number of ketones is 1. The minimum Gasteiger partial charge on any atom is -0.293 e. The van der Waals surface area contributed by atoms with Gasteiger partial charge in [-0.25, -0.2) is 0 Å². The van der Waals surface area contributed by atoms with E-state index in [0.717, 1.165) is 16.7 Å². The first-order valence-corrected chi connectivity index (χ1v) is 5.68. The number of hydrogen-bond acceptors (Lipinski definition) is 1. The Kier molecular flexibility index (Phi) is 3.73. The molecule has 76 valence electrons. The minimum absolute atomic E-state index is 0.0993. The van der Waals surface area contributed by atoms with E-state index in [2.05, 4.69) is 15.9 Å². The van der Waals surface area contributed by atoms with E-state index in [-0.39, 0.29) is 10.6 Å². The van der Waals surface area contributed by atoms with Gasteiger partial charge in [0.25, 0.3) is 0 Å². The van der Waals surface area contributed by atoms with Crippen LogP contribution in [0.5, 0.6) is 0 Å². The van der Waals surface area contributed by atoms with Crippen molar-refractivity contribution in [1.82, 2.24) is 0 Å². The predicted molar refractivity (Wildman–Crippen MR) is 63.6 cm³/mol. The third-order valence-electron chi connectivity index (χ3n) is 2.13. The number of carbonyl (C=O) groups is 1. The van der Waals surface area contributed by atoms with Crippen molar-refractivity contribution in [2.24, 2.45) is 0 Å². The van der Waals surface area contributed by atoms with Gasteiger partial charge in [0.15, 0.2) is 5.78 Å². The monoisotopic (exact) mass is 274 g/mol. The van der Waals surface area contributed by atoms with Crippen LogP contribution < -0.4 is 0 Å². The molecule has 0 fully saturated rings. The number of aryl methyl sites for hydroxylation is 2. The first-order chi connectivity index (χ1) is 6.43. The average molecular weight is 276 g/mol. The van der Waals surface area contributed by atoms with Gasteiger partial charge < -0.3 is 0 Å². The number of alkyl halides is 1. The molecular weight excluding hydrogens is 263 g/mol. The van der Waals surface area contributed by atoms with Gasteiger partial charge in [0.2, 0.25) is 0 Å². The fourth-order valence-corrected chi connectivity index (χ4v) is 1.73. The van der Waals surface area contributed by atoms with Crippen LogP contribution in [0, 0.1) is 13.8 Å². The van der Waals surface area contributed by atoms with Gasteiger partial charge >= 0.3 is 0 Å². The maximum Gasteiger partial charge on any atom is 0.176 e. The Hall–Kier alpha value is -0.340. The summed E-state index contributed by atoms with van der Waals surface area (Å²) >= 11 is 9.22. The molecule has 0 bridgehead atoms. The van der Waals surface area contributed by atoms with E-state index >= 15 is 0 Å². The largest absolute Gasteiger partial charge is 0.293 e. The summed E-state index contributed by atoms with van der Waals surface area (Å²) in [5.41, 5.74) is 2.61. The van der Waals surface area contributed by atoms with Gasteiger partial charge in [-0.1, -0.05) is 27.5 Å². The van der Waals surface area contributed by atoms with Gasteiger partial charge in [0, 0.05) is 10.6 Å². The van der Waals surface area contributed by atoms with E-state index in [1.807, 2.05) is 32.9 Å². The van der Waals surface area contributed by atoms with Gasteiger partial charge in [-0.2, -0.15) is 0 Å². The van der Waals surface area contributed by atoms with Crippen molar-refractivity contribution in [3.8, 4) is 0 Å². The Balaban J connectivity index is 3.22. The van der Waals surface area contributed by atoms with Crippen LogP contribution in [0.1, 0.15) is 28.4 Å². The van der Waals surface area contributed by atoms with Gasteiger partial charge in [-0.05, 0) is 44.0 Å². The molecule has 0 aromatic heterocycles. The third-order valence-corrected chi connectivity index (χ3v) is 2.96. The molecule has 1 rings (SSSR count).